The molecule has 0 saturated carbocycles. The van der Waals surface area contributed by atoms with Crippen LogP contribution in [-0.2, 0) is 15.7 Å². The molecule has 0 heterocycles. The minimum Gasteiger partial charge on any atom is -0.469 e. The number of ether oxygens (including phenoxy) is 1. The van der Waals surface area contributed by atoms with Gasteiger partial charge < -0.3 is 9.84 Å². The minimum absolute atomic E-state index is 0.209. The van der Waals surface area contributed by atoms with Gasteiger partial charge in [-0.3, -0.25) is 4.79 Å². The largest absolute Gasteiger partial charge is 0.469 e. The fourth-order valence-corrected chi connectivity index (χ4v) is 1.98. The van der Waals surface area contributed by atoms with Crippen LogP contribution in [0, 0.1) is 11.8 Å². The first-order valence-corrected chi connectivity index (χ1v) is 6.11. The van der Waals surface area contributed by atoms with Gasteiger partial charge in [0.2, 0.25) is 0 Å². The summed E-state index contributed by atoms with van der Waals surface area (Å²) in [6.45, 7) is 3.46. The average Bonchev–Trinajstić information content (AvgIpc) is 2.37. The molecule has 0 aliphatic rings. The van der Waals surface area contributed by atoms with E-state index in [0.717, 1.165) is 12.1 Å². The van der Waals surface area contributed by atoms with Crippen molar-refractivity contribution in [1.82, 2.24) is 0 Å². The Hall–Kier alpha value is -1.56. The van der Waals surface area contributed by atoms with Crippen LogP contribution in [0.5, 0.6) is 0 Å². The number of halogens is 3. The lowest BCUT2D eigenvalue weighted by Crippen LogP contribution is -2.28. The van der Waals surface area contributed by atoms with Crippen molar-refractivity contribution >= 4 is 5.97 Å². The van der Waals surface area contributed by atoms with E-state index in [9.17, 15) is 23.1 Å². The molecule has 0 amide bonds. The smallest absolute Gasteiger partial charge is 0.416 e. The number of benzene rings is 1. The summed E-state index contributed by atoms with van der Waals surface area (Å²) in [7, 11) is 1.21. The number of carbonyl (C=O) groups excluding carboxylic acids is 1. The molecule has 2 atom stereocenters. The van der Waals surface area contributed by atoms with Crippen molar-refractivity contribution in [3.63, 3.8) is 0 Å². The molecule has 0 aliphatic carbocycles. The molecule has 0 aromatic heterocycles. The molecule has 0 saturated heterocycles. The number of rotatable bonds is 4. The molecule has 1 aromatic carbocycles. The van der Waals surface area contributed by atoms with E-state index in [1.807, 2.05) is 0 Å². The van der Waals surface area contributed by atoms with E-state index in [4.69, 9.17) is 0 Å². The molecule has 3 nitrogen and oxygen atoms in total. The molecule has 0 spiro atoms. The second-order valence-corrected chi connectivity index (χ2v) is 4.86. The SMILES string of the molecule is COC(=O)C(C(C)C)C(O)c1ccc(C(F)(F)F)cc1. The maximum absolute atomic E-state index is 12.5. The van der Waals surface area contributed by atoms with Gasteiger partial charge in [-0.05, 0) is 23.6 Å². The zero-order valence-electron chi connectivity index (χ0n) is 11.4. The van der Waals surface area contributed by atoms with E-state index in [1.165, 1.54) is 19.2 Å². The Balaban J connectivity index is 3.01. The second kappa shape index (κ2) is 6.26. The summed E-state index contributed by atoms with van der Waals surface area (Å²) in [5.74, 6) is -1.62. The highest BCUT2D eigenvalue weighted by Gasteiger charge is 2.33. The normalized spacial score (nSPS) is 15.0. The zero-order chi connectivity index (χ0) is 15.5. The third-order valence-electron chi connectivity index (χ3n) is 3.11. The molecule has 1 rings (SSSR count). The predicted molar refractivity (Wildman–Crippen MR) is 66.7 cm³/mol. The number of hydrogen-bond donors (Lipinski definition) is 1. The van der Waals surface area contributed by atoms with Crippen LogP contribution in [0.25, 0.3) is 0 Å². The second-order valence-electron chi connectivity index (χ2n) is 4.86. The highest BCUT2D eigenvalue weighted by atomic mass is 19.4. The van der Waals surface area contributed by atoms with Gasteiger partial charge >= 0.3 is 12.1 Å². The molecule has 112 valence electrons. The van der Waals surface area contributed by atoms with Crippen LogP contribution in [0.4, 0.5) is 13.2 Å². The van der Waals surface area contributed by atoms with Crippen molar-refractivity contribution in [2.45, 2.75) is 26.1 Å². The van der Waals surface area contributed by atoms with Crippen LogP contribution in [0.2, 0.25) is 0 Å². The molecular formula is C14H17F3O3. The van der Waals surface area contributed by atoms with Gasteiger partial charge in [0.05, 0.1) is 24.7 Å². The van der Waals surface area contributed by atoms with E-state index >= 15 is 0 Å². The number of aliphatic hydroxyl groups excluding tert-OH is 1. The van der Waals surface area contributed by atoms with Gasteiger partial charge in [-0.1, -0.05) is 26.0 Å². The Morgan fingerprint density at radius 2 is 1.70 bits per heavy atom. The van der Waals surface area contributed by atoms with E-state index in [0.29, 0.717) is 0 Å². The maximum atomic E-state index is 12.5. The first-order valence-electron chi connectivity index (χ1n) is 6.11. The zero-order valence-corrected chi connectivity index (χ0v) is 11.4. The van der Waals surface area contributed by atoms with Gasteiger partial charge in [-0.2, -0.15) is 13.2 Å². The number of aliphatic hydroxyl groups is 1. The molecule has 0 bridgehead atoms. The standard InChI is InChI=1S/C14H17F3O3/c1-8(2)11(13(19)20-3)12(18)9-4-6-10(7-5-9)14(15,16)17/h4-8,11-12,18H,1-3H3. The third-order valence-corrected chi connectivity index (χ3v) is 3.11. The van der Waals surface area contributed by atoms with Crippen LogP contribution in [0.1, 0.15) is 31.1 Å². The summed E-state index contributed by atoms with van der Waals surface area (Å²) in [6.07, 6.45) is -5.63. The molecule has 1 aromatic rings. The summed E-state index contributed by atoms with van der Waals surface area (Å²) in [5.41, 5.74) is -0.547. The van der Waals surface area contributed by atoms with Crippen LogP contribution in [-0.4, -0.2) is 18.2 Å². The molecule has 0 fully saturated rings. The third kappa shape index (κ3) is 3.72. The monoisotopic (exact) mass is 290 g/mol. The quantitative estimate of drug-likeness (QED) is 0.866. The van der Waals surface area contributed by atoms with Crippen molar-refractivity contribution < 1.29 is 27.8 Å². The summed E-state index contributed by atoms with van der Waals surface area (Å²) in [5, 5.41) is 10.2. The van der Waals surface area contributed by atoms with Crippen LogP contribution in [0.15, 0.2) is 24.3 Å². The van der Waals surface area contributed by atoms with E-state index < -0.39 is 29.7 Å². The van der Waals surface area contributed by atoms with Gasteiger partial charge in [0.15, 0.2) is 0 Å². The van der Waals surface area contributed by atoms with Crippen LogP contribution < -0.4 is 0 Å². The minimum atomic E-state index is -4.43. The van der Waals surface area contributed by atoms with Gasteiger partial charge in [0, 0.05) is 0 Å². The van der Waals surface area contributed by atoms with Crippen LogP contribution in [0.3, 0.4) is 0 Å². The number of methoxy groups -OCH3 is 1. The molecule has 20 heavy (non-hydrogen) atoms. The Bertz CT molecular complexity index is 452. The molecule has 0 radical (unpaired) electrons. The summed E-state index contributed by atoms with van der Waals surface area (Å²) in [6, 6.07) is 4.11. The molecule has 6 heteroatoms. The summed E-state index contributed by atoms with van der Waals surface area (Å²) >= 11 is 0. The lowest BCUT2D eigenvalue weighted by Gasteiger charge is -2.24. The Labute approximate surface area is 115 Å². The first kappa shape index (κ1) is 16.5. The van der Waals surface area contributed by atoms with Gasteiger partial charge in [0.25, 0.3) is 0 Å². The van der Waals surface area contributed by atoms with Gasteiger partial charge in [0.1, 0.15) is 0 Å². The number of alkyl halides is 3. The number of hydrogen-bond acceptors (Lipinski definition) is 3. The van der Waals surface area contributed by atoms with Crippen molar-refractivity contribution in [1.29, 1.82) is 0 Å². The molecular weight excluding hydrogens is 273 g/mol. The van der Waals surface area contributed by atoms with Crippen molar-refractivity contribution in [3.05, 3.63) is 35.4 Å². The average molecular weight is 290 g/mol. The molecule has 0 aliphatic heterocycles. The lowest BCUT2D eigenvalue weighted by atomic mass is 9.86. The van der Waals surface area contributed by atoms with Crippen molar-refractivity contribution in [2.75, 3.05) is 7.11 Å². The Morgan fingerprint density at radius 3 is 2.05 bits per heavy atom. The molecule has 2 unspecified atom stereocenters. The fourth-order valence-electron chi connectivity index (χ4n) is 1.98. The van der Waals surface area contributed by atoms with Gasteiger partial charge in [-0.25, -0.2) is 0 Å². The van der Waals surface area contributed by atoms with E-state index in [1.54, 1.807) is 13.8 Å². The Morgan fingerprint density at radius 1 is 1.20 bits per heavy atom. The molecule has 1 N–H and O–H groups in total. The maximum Gasteiger partial charge on any atom is 0.416 e. The number of carbonyl (C=O) groups is 1. The lowest BCUT2D eigenvalue weighted by molar-refractivity contribution is -0.152. The van der Waals surface area contributed by atoms with Crippen molar-refractivity contribution in [3.8, 4) is 0 Å². The van der Waals surface area contributed by atoms with Crippen LogP contribution >= 0.6 is 0 Å². The highest BCUT2D eigenvalue weighted by Crippen LogP contribution is 2.33. The topological polar surface area (TPSA) is 46.5 Å². The first-order chi connectivity index (χ1) is 9.18. The van der Waals surface area contributed by atoms with Crippen molar-refractivity contribution in [2.24, 2.45) is 11.8 Å². The Kier molecular flexibility index (Phi) is 5.16. The van der Waals surface area contributed by atoms with Gasteiger partial charge in [-0.15, -0.1) is 0 Å². The van der Waals surface area contributed by atoms with E-state index in [2.05, 4.69) is 4.74 Å². The van der Waals surface area contributed by atoms with E-state index in [-0.39, 0.29) is 11.5 Å². The predicted octanol–water partition coefficient (Wildman–Crippen LogP) is 3.18. The number of esters is 1. The fraction of sp³-hybridized carbons (Fsp3) is 0.500. The summed E-state index contributed by atoms with van der Waals surface area (Å²) < 4.78 is 42.0. The highest BCUT2D eigenvalue weighted by molar-refractivity contribution is 5.73. The summed E-state index contributed by atoms with van der Waals surface area (Å²) in [4.78, 5) is 11.6.